The van der Waals surface area contributed by atoms with Gasteiger partial charge >= 0.3 is 0 Å². The second kappa shape index (κ2) is 4.85. The van der Waals surface area contributed by atoms with E-state index >= 15 is 0 Å². The third-order valence-corrected chi connectivity index (χ3v) is 3.17. The third-order valence-electron chi connectivity index (χ3n) is 2.48. The van der Waals surface area contributed by atoms with Crippen molar-refractivity contribution >= 4 is 23.8 Å². The maximum absolute atomic E-state index is 6.10. The number of methoxy groups -OCH3 is 1. The van der Waals surface area contributed by atoms with Crippen molar-refractivity contribution in [1.82, 2.24) is 9.97 Å². The Labute approximate surface area is 109 Å². The molecule has 0 bridgehead atoms. The molecule has 1 heterocycles. The Morgan fingerprint density at radius 3 is 2.82 bits per heavy atom. The van der Waals surface area contributed by atoms with Gasteiger partial charge < -0.3 is 9.72 Å². The molecule has 0 amide bonds. The van der Waals surface area contributed by atoms with Crippen LogP contribution in [0.25, 0.3) is 11.3 Å². The smallest absolute Gasteiger partial charge is 0.179 e. The molecule has 0 fully saturated rings. The van der Waals surface area contributed by atoms with Gasteiger partial charge in [-0.3, -0.25) is 0 Å². The first-order chi connectivity index (χ1) is 8.13. The lowest BCUT2D eigenvalue weighted by atomic mass is 10.1. The summed E-state index contributed by atoms with van der Waals surface area (Å²) in [6.45, 7) is 1.96. The molecule has 1 N–H and O–H groups in total. The number of H-pyrrole nitrogens is 1. The molecule has 1 aromatic heterocycles. The van der Waals surface area contributed by atoms with Gasteiger partial charge in [-0.15, -0.1) is 0 Å². The van der Waals surface area contributed by atoms with Crippen LogP contribution in [-0.4, -0.2) is 17.1 Å². The number of nitrogens with zero attached hydrogens (tertiary/aromatic N) is 1. The Bertz CT molecular complexity index is 610. The molecular formula is C12H11ClN2OS. The fraction of sp³-hybridized carbons (Fsp3) is 0.167. The third kappa shape index (κ3) is 2.33. The molecule has 0 aliphatic carbocycles. The van der Waals surface area contributed by atoms with Gasteiger partial charge in [0.1, 0.15) is 0 Å². The van der Waals surface area contributed by atoms with E-state index in [4.69, 9.17) is 28.6 Å². The van der Waals surface area contributed by atoms with E-state index in [2.05, 4.69) is 9.97 Å². The van der Waals surface area contributed by atoms with Gasteiger partial charge in [0.25, 0.3) is 0 Å². The van der Waals surface area contributed by atoms with Gasteiger partial charge in [-0.2, -0.15) is 0 Å². The monoisotopic (exact) mass is 266 g/mol. The van der Waals surface area contributed by atoms with Crippen molar-refractivity contribution in [1.29, 1.82) is 0 Å². The minimum atomic E-state index is 0.429. The lowest BCUT2D eigenvalue weighted by Gasteiger charge is -2.09. The summed E-state index contributed by atoms with van der Waals surface area (Å²) in [4.78, 5) is 7.01. The van der Waals surface area contributed by atoms with Gasteiger partial charge in [0.15, 0.2) is 10.4 Å². The molecular weight excluding hydrogens is 256 g/mol. The van der Waals surface area contributed by atoms with Gasteiger partial charge in [-0.25, -0.2) is 4.98 Å². The number of hydrogen-bond donors (Lipinski definition) is 1. The summed E-state index contributed by atoms with van der Waals surface area (Å²) in [5.74, 6) is 0.558. The van der Waals surface area contributed by atoms with Crippen LogP contribution in [0.15, 0.2) is 24.5 Å². The fourth-order valence-electron chi connectivity index (χ4n) is 1.54. The van der Waals surface area contributed by atoms with E-state index in [0.717, 1.165) is 16.8 Å². The highest BCUT2D eigenvalue weighted by molar-refractivity contribution is 7.71. The van der Waals surface area contributed by atoms with E-state index in [1.807, 2.05) is 25.1 Å². The summed E-state index contributed by atoms with van der Waals surface area (Å²) >= 11 is 11.2. The molecule has 0 unspecified atom stereocenters. The summed E-state index contributed by atoms with van der Waals surface area (Å²) in [6.07, 6.45) is 1.55. The highest BCUT2D eigenvalue weighted by Gasteiger charge is 2.09. The number of benzene rings is 1. The molecule has 17 heavy (non-hydrogen) atoms. The SMILES string of the molecule is COc1c(-c2ccc(C)c(Cl)c2)[nH]cnc1=S. The Morgan fingerprint density at radius 1 is 1.41 bits per heavy atom. The lowest BCUT2D eigenvalue weighted by molar-refractivity contribution is 0.411. The van der Waals surface area contributed by atoms with E-state index in [9.17, 15) is 0 Å². The molecule has 2 aromatic rings. The van der Waals surface area contributed by atoms with Crippen LogP contribution >= 0.6 is 23.8 Å². The predicted molar refractivity (Wildman–Crippen MR) is 71.2 cm³/mol. The lowest BCUT2D eigenvalue weighted by Crippen LogP contribution is -1.94. The highest BCUT2D eigenvalue weighted by Crippen LogP contribution is 2.30. The second-order valence-corrected chi connectivity index (χ2v) is 4.37. The molecule has 3 nitrogen and oxygen atoms in total. The molecule has 0 saturated carbocycles. The van der Waals surface area contributed by atoms with Crippen LogP contribution in [0.4, 0.5) is 0 Å². The summed E-state index contributed by atoms with van der Waals surface area (Å²) in [5.41, 5.74) is 2.74. The molecule has 1 aromatic carbocycles. The predicted octanol–water partition coefficient (Wildman–Crippen LogP) is 3.78. The van der Waals surface area contributed by atoms with Gasteiger partial charge in [0.2, 0.25) is 0 Å². The van der Waals surface area contributed by atoms with Crippen LogP contribution in [0.5, 0.6) is 5.75 Å². The molecule has 0 spiro atoms. The first-order valence-corrected chi connectivity index (χ1v) is 5.80. The topological polar surface area (TPSA) is 37.9 Å². The highest BCUT2D eigenvalue weighted by atomic mass is 35.5. The van der Waals surface area contributed by atoms with Crippen molar-refractivity contribution in [2.24, 2.45) is 0 Å². The average molecular weight is 267 g/mol. The van der Waals surface area contributed by atoms with Crippen molar-refractivity contribution in [3.63, 3.8) is 0 Å². The number of halogens is 1. The average Bonchev–Trinajstić information content (AvgIpc) is 2.32. The fourth-order valence-corrected chi connectivity index (χ4v) is 1.96. The van der Waals surface area contributed by atoms with Crippen molar-refractivity contribution in [3.8, 4) is 17.0 Å². The quantitative estimate of drug-likeness (QED) is 0.841. The van der Waals surface area contributed by atoms with Crippen LogP contribution in [-0.2, 0) is 0 Å². The molecule has 0 atom stereocenters. The van der Waals surface area contributed by atoms with E-state index in [1.165, 1.54) is 0 Å². The standard InChI is InChI=1S/C12H11ClN2OS/c1-7-3-4-8(5-9(7)13)10-11(16-2)12(17)15-6-14-10/h3-6H,1-2H3,(H,14,15,17). The Morgan fingerprint density at radius 2 is 2.18 bits per heavy atom. The number of aromatic nitrogens is 2. The van der Waals surface area contributed by atoms with Gasteiger partial charge in [0, 0.05) is 10.6 Å². The molecule has 0 aliphatic heterocycles. The van der Waals surface area contributed by atoms with Crippen LogP contribution in [0.3, 0.4) is 0 Å². The summed E-state index contributed by atoms with van der Waals surface area (Å²) in [5, 5.41) is 0.709. The number of aryl methyl sites for hydroxylation is 1. The molecule has 0 radical (unpaired) electrons. The van der Waals surface area contributed by atoms with Crippen molar-refractivity contribution in [2.75, 3.05) is 7.11 Å². The second-order valence-electron chi connectivity index (χ2n) is 3.58. The zero-order valence-electron chi connectivity index (χ0n) is 9.45. The normalized spacial score (nSPS) is 10.3. The van der Waals surface area contributed by atoms with Crippen molar-refractivity contribution in [3.05, 3.63) is 39.8 Å². The maximum atomic E-state index is 6.10. The Kier molecular flexibility index (Phi) is 3.45. The van der Waals surface area contributed by atoms with Gasteiger partial charge in [-0.1, -0.05) is 36.0 Å². The minimum Gasteiger partial charge on any atom is -0.491 e. The van der Waals surface area contributed by atoms with Gasteiger partial charge in [-0.05, 0) is 18.6 Å². The molecule has 88 valence electrons. The molecule has 0 aliphatic rings. The van der Waals surface area contributed by atoms with Crippen LogP contribution < -0.4 is 4.74 Å². The van der Waals surface area contributed by atoms with Crippen LogP contribution in [0.1, 0.15) is 5.56 Å². The van der Waals surface area contributed by atoms with E-state index in [0.29, 0.717) is 15.4 Å². The van der Waals surface area contributed by atoms with Crippen LogP contribution in [0.2, 0.25) is 5.02 Å². The molecule has 0 saturated heterocycles. The summed E-state index contributed by atoms with van der Waals surface area (Å²) in [7, 11) is 1.57. The summed E-state index contributed by atoms with van der Waals surface area (Å²) in [6, 6.07) is 5.79. The van der Waals surface area contributed by atoms with Crippen molar-refractivity contribution in [2.45, 2.75) is 6.92 Å². The van der Waals surface area contributed by atoms with E-state index in [1.54, 1.807) is 13.4 Å². The number of ether oxygens (including phenoxy) is 1. The number of aromatic amines is 1. The Hall–Kier alpha value is -1.39. The minimum absolute atomic E-state index is 0.429. The van der Waals surface area contributed by atoms with Crippen LogP contribution in [0, 0.1) is 11.6 Å². The zero-order chi connectivity index (χ0) is 12.4. The number of hydrogen-bond acceptors (Lipinski definition) is 3. The van der Waals surface area contributed by atoms with Crippen molar-refractivity contribution < 1.29 is 4.74 Å². The molecule has 2 rings (SSSR count). The largest absolute Gasteiger partial charge is 0.491 e. The molecule has 5 heteroatoms. The first-order valence-electron chi connectivity index (χ1n) is 5.01. The maximum Gasteiger partial charge on any atom is 0.179 e. The number of rotatable bonds is 2. The zero-order valence-corrected chi connectivity index (χ0v) is 11.0. The van der Waals surface area contributed by atoms with E-state index < -0.39 is 0 Å². The summed E-state index contributed by atoms with van der Waals surface area (Å²) < 4.78 is 5.69. The first kappa shape index (κ1) is 12.1. The number of nitrogens with one attached hydrogen (secondary N) is 1. The van der Waals surface area contributed by atoms with E-state index in [-0.39, 0.29) is 0 Å². The Balaban J connectivity index is 2.64. The van der Waals surface area contributed by atoms with Gasteiger partial charge in [0.05, 0.1) is 19.1 Å².